The molecular weight excluding hydrogens is 1450 g/mol. The molecule has 4 aromatic rings. The van der Waals surface area contributed by atoms with E-state index in [2.05, 4.69) is 5.32 Å². The zero-order chi connectivity index (χ0) is 81.3. The lowest BCUT2D eigenvalue weighted by Crippen LogP contribution is -2.52. The highest BCUT2D eigenvalue weighted by atomic mass is 35.5. The monoisotopic (exact) mass is 1540 g/mol. The first-order valence-corrected chi connectivity index (χ1v) is 35.6. The largest absolute Gasteiger partial charge is 0.462 e. The van der Waals surface area contributed by atoms with Crippen molar-refractivity contribution in [3.63, 3.8) is 0 Å². The molecule has 29 heteroatoms. The number of hydrogen-bond acceptors (Lipinski definition) is 22. The third kappa shape index (κ3) is 23.3. The smallest absolute Gasteiger partial charge is 0.372 e. The zero-order valence-electron chi connectivity index (χ0n) is 62.8. The molecule has 5 aliphatic heterocycles. The summed E-state index contributed by atoms with van der Waals surface area (Å²) in [7, 11) is 1.50. The van der Waals surface area contributed by atoms with E-state index in [0.29, 0.717) is 27.8 Å². The Labute approximate surface area is 633 Å². The first kappa shape index (κ1) is 87.6. The molecule has 11 atom stereocenters. The van der Waals surface area contributed by atoms with Crippen molar-refractivity contribution in [2.75, 3.05) is 19.0 Å². The average Bonchev–Trinajstić information content (AvgIpc) is 0.785. The van der Waals surface area contributed by atoms with Crippen LogP contribution in [0.15, 0.2) is 156 Å². The molecule has 1 aliphatic carbocycles. The minimum atomic E-state index is -2.57. The second-order valence-corrected chi connectivity index (χ2v) is 27.8. The number of ketones is 9. The molecule has 0 saturated heterocycles. The third-order valence-electron chi connectivity index (χ3n) is 19.1. The van der Waals surface area contributed by atoms with Gasteiger partial charge in [0.15, 0.2) is 57.7 Å². The summed E-state index contributed by atoms with van der Waals surface area (Å²) in [5, 5.41) is 25.3. The van der Waals surface area contributed by atoms with E-state index in [1.165, 1.54) is 104 Å². The second kappa shape index (κ2) is 37.7. The number of methoxy groups -OCH3 is 1. The number of nitrogens with zero attached hydrogens (tertiary/aromatic N) is 2. The maximum Gasteiger partial charge on any atom is 0.372 e. The highest BCUT2D eigenvalue weighted by molar-refractivity contribution is 6.30. The Hall–Kier alpha value is -10.4. The number of nitro benzene ring substituents is 2. The van der Waals surface area contributed by atoms with Crippen LogP contribution < -0.4 is 5.32 Å². The summed E-state index contributed by atoms with van der Waals surface area (Å²) in [6, 6.07) is 25.8. The molecule has 11 unspecified atom stereocenters. The number of allylic oxidation sites excluding steroid dienone is 9. The number of Topliss-reactive ketones (excluding diaryl/α,β-unsaturated/α-hetero) is 9. The summed E-state index contributed by atoms with van der Waals surface area (Å²) in [5.41, 5.74) is 1.97. The molecule has 6 aliphatic rings. The number of esters is 1. The van der Waals surface area contributed by atoms with Crippen molar-refractivity contribution in [1.29, 1.82) is 0 Å². The lowest BCUT2D eigenvalue weighted by atomic mass is 9.75. The van der Waals surface area contributed by atoms with Crippen LogP contribution in [0.5, 0.6) is 0 Å². The first-order valence-electron chi connectivity index (χ1n) is 35.2. The Morgan fingerprint density at radius 2 is 0.844 bits per heavy atom. The van der Waals surface area contributed by atoms with Gasteiger partial charge in [0.25, 0.3) is 17.1 Å². The van der Waals surface area contributed by atoms with Crippen molar-refractivity contribution in [2.24, 2.45) is 17.8 Å². The predicted molar refractivity (Wildman–Crippen MR) is 390 cm³/mol. The molecule has 0 spiro atoms. The Morgan fingerprint density at radius 1 is 0.495 bits per heavy atom. The Balaban J connectivity index is 0.000000217. The van der Waals surface area contributed by atoms with E-state index in [4.69, 9.17) is 44.8 Å². The highest BCUT2D eigenvalue weighted by Gasteiger charge is 2.51. The molecule has 4 aromatic carbocycles. The molecule has 109 heavy (non-hydrogen) atoms. The van der Waals surface area contributed by atoms with Crippen molar-refractivity contribution in [1.82, 2.24) is 0 Å². The molecule has 10 rings (SSSR count). The van der Waals surface area contributed by atoms with Gasteiger partial charge in [-0.15, -0.1) is 0 Å². The van der Waals surface area contributed by atoms with E-state index in [1.807, 2.05) is 31.2 Å². The molecule has 0 amide bonds. The van der Waals surface area contributed by atoms with Gasteiger partial charge in [-0.05, 0) is 117 Å². The van der Waals surface area contributed by atoms with E-state index in [1.54, 1.807) is 68.5 Å². The molecule has 586 valence electrons. The molecule has 24 nitrogen and oxygen atoms in total. The van der Waals surface area contributed by atoms with Gasteiger partial charge < -0.3 is 38.5 Å². The van der Waals surface area contributed by atoms with E-state index in [9.17, 15) is 85.7 Å². The zero-order valence-corrected chi connectivity index (χ0v) is 63.6. The van der Waals surface area contributed by atoms with Crippen molar-refractivity contribution < 1.29 is 109 Å². The number of benzene rings is 4. The van der Waals surface area contributed by atoms with E-state index in [-0.39, 0.29) is 108 Å². The number of hydrogen-bond donors (Lipinski definition) is 1. The van der Waals surface area contributed by atoms with Gasteiger partial charge in [0.1, 0.15) is 0 Å². The van der Waals surface area contributed by atoms with Crippen molar-refractivity contribution in [3.8, 4) is 0 Å². The number of anilines is 1. The van der Waals surface area contributed by atoms with Gasteiger partial charge in [-0.3, -0.25) is 63.4 Å². The lowest BCUT2D eigenvalue weighted by Gasteiger charge is -2.39. The van der Waals surface area contributed by atoms with E-state index >= 15 is 0 Å². The summed E-state index contributed by atoms with van der Waals surface area (Å²) < 4.78 is 93.9. The maximum absolute atomic E-state index is 14.6. The number of carbonyl (C=O) groups is 10. The number of halogens is 5. The maximum atomic E-state index is 14.6. The normalized spacial score (nSPS) is 25.7. The number of nitrogens with one attached hydrogen (secondary N) is 1. The lowest BCUT2D eigenvalue weighted by molar-refractivity contribution is -0.385. The number of aryl methyl sites for hydroxylation is 1. The van der Waals surface area contributed by atoms with Crippen LogP contribution in [0, 0.1) is 44.9 Å². The Bertz CT molecular complexity index is 4250. The molecule has 0 aromatic heterocycles. The number of nitro groups is 2. The standard InChI is InChI=1S/C23H24N2O6.C15H14ClFO3.C15H14FNO5.C15H21FO3.C12H17FO4/c1-4-30-22(27)23(24-19-9-5-15(2)6-10-19)14-18(13-21(31-23)16(3)26)17-7-11-20(12-8-17)25(28)29;1-9(18)14-7-12(8-15(17,20-14)10(2)19)11-3-5-13(16)6-4-11;1-9(18)14-7-12(8-15(16,22-14)10(2)19)11-3-5-13(6-4-11)17(20)21;1-10(17)14-8-13(12-6-4-3-5-7-12)9-15(16,19-14)11(2)18;1-7(14)11-5-10(8(2)16-4)6-12(13,17-11)9(3)15/h5-13,18,24H,4,14H2,1-3H3;3-7,12H,8H2,1-2H3;3-7,12H,8H2,1-2H3;8,12-13H,3-7,9H2,1-2H3;5,8,10H,6H2,1-4H3. The van der Waals surface area contributed by atoms with Gasteiger partial charge in [-0.2, -0.15) is 17.6 Å². The van der Waals surface area contributed by atoms with Gasteiger partial charge in [0.05, 0.1) is 22.6 Å². The van der Waals surface area contributed by atoms with Crippen molar-refractivity contribution in [2.45, 2.75) is 200 Å². The Morgan fingerprint density at radius 3 is 1.21 bits per heavy atom. The van der Waals surface area contributed by atoms with Crippen LogP contribution in [0.2, 0.25) is 5.02 Å². The topological polar surface area (TPSA) is 334 Å². The third-order valence-corrected chi connectivity index (χ3v) is 19.3. The molecular formula is C80H90ClF4N3O21. The number of non-ortho nitro benzene ring substituents is 2. The fourth-order valence-electron chi connectivity index (χ4n) is 12.5. The van der Waals surface area contributed by atoms with E-state index < -0.39 is 103 Å². The van der Waals surface area contributed by atoms with Gasteiger partial charge in [0.2, 0.25) is 23.1 Å². The van der Waals surface area contributed by atoms with Crippen molar-refractivity contribution in [3.05, 3.63) is 204 Å². The summed E-state index contributed by atoms with van der Waals surface area (Å²) in [4.78, 5) is 137. The van der Waals surface area contributed by atoms with Crippen LogP contribution in [0.1, 0.15) is 180 Å². The summed E-state index contributed by atoms with van der Waals surface area (Å²) in [5.74, 6) is -17.2. The number of ether oxygens (including phenoxy) is 7. The molecule has 1 saturated carbocycles. The quantitative estimate of drug-likeness (QED) is 0.0350. The number of alkyl halides is 4. The van der Waals surface area contributed by atoms with E-state index in [0.717, 1.165) is 57.6 Å². The van der Waals surface area contributed by atoms with Crippen LogP contribution >= 0.6 is 11.6 Å². The fourth-order valence-corrected chi connectivity index (χ4v) is 12.7. The summed E-state index contributed by atoms with van der Waals surface area (Å²) in [6.45, 7) is 16.4. The highest BCUT2D eigenvalue weighted by Crippen LogP contribution is 2.45. The van der Waals surface area contributed by atoms with Gasteiger partial charge in [-0.25, -0.2) is 4.79 Å². The summed E-state index contributed by atoms with van der Waals surface area (Å²) in [6.07, 6.45) is 12.8. The van der Waals surface area contributed by atoms with Gasteiger partial charge in [-0.1, -0.05) is 85.0 Å². The Kier molecular flexibility index (Phi) is 30.2. The average molecular weight is 1540 g/mol. The van der Waals surface area contributed by atoms with Gasteiger partial charge >= 0.3 is 29.4 Å². The minimum absolute atomic E-state index is 0.0134. The van der Waals surface area contributed by atoms with Crippen LogP contribution in [0.25, 0.3) is 0 Å². The minimum Gasteiger partial charge on any atom is -0.462 e. The molecule has 5 heterocycles. The SMILES string of the molecule is CC(=O)C1=CC(C2CCCCC2)CC(F)(C(C)=O)O1.CC(=O)C1=CC(c2ccc(Cl)cc2)CC(F)(C(C)=O)O1.CC(=O)C1=CC(c2ccc([N+](=O)[O-])cc2)CC(F)(C(C)=O)O1.CCOC(=O)C1(Nc2ccc(C)cc2)CC(c2ccc([N+](=O)[O-])cc2)C=C(C(C)=O)O1.COC(C)C1C=C(C(C)=O)OC(F)(C(C)=O)C1. The number of carbonyl (C=O) groups excluding carboxylic acids is 10. The predicted octanol–water partition coefficient (Wildman–Crippen LogP) is 15.8. The first-order chi connectivity index (χ1) is 51.0. The second-order valence-electron chi connectivity index (χ2n) is 27.4. The van der Waals surface area contributed by atoms with Crippen LogP contribution in [0.3, 0.4) is 0 Å². The molecule has 0 radical (unpaired) electrons. The molecule has 0 bridgehead atoms. The fraction of sp³-hybridized carbons (Fsp3) is 0.450. The van der Waals surface area contributed by atoms with Crippen LogP contribution in [0.4, 0.5) is 34.6 Å². The van der Waals surface area contributed by atoms with Gasteiger partial charge in [0, 0.05) is 160 Å². The van der Waals surface area contributed by atoms with Crippen molar-refractivity contribution >= 4 is 86.7 Å². The molecule has 1 fully saturated rings. The summed E-state index contributed by atoms with van der Waals surface area (Å²) >= 11 is 5.81. The number of rotatable bonds is 21. The van der Waals surface area contributed by atoms with Crippen LogP contribution in [-0.4, -0.2) is 117 Å². The van der Waals surface area contributed by atoms with Crippen LogP contribution in [-0.2, 0) is 81.1 Å². The molecule has 1 N–H and O–H groups in total.